The van der Waals surface area contributed by atoms with Gasteiger partial charge in [-0.2, -0.15) is 0 Å². The maximum Gasteiger partial charge on any atom is 0.275 e. The molecule has 0 unspecified atom stereocenters. The number of anilines is 1. The van der Waals surface area contributed by atoms with E-state index >= 15 is 0 Å². The Morgan fingerprint density at radius 1 is 1.00 bits per heavy atom. The zero-order valence-electron chi connectivity index (χ0n) is 9.95. The van der Waals surface area contributed by atoms with E-state index in [1.165, 1.54) is 18.6 Å². The number of benzene rings is 1. The third-order valence-electron chi connectivity index (χ3n) is 2.68. The van der Waals surface area contributed by atoms with Crippen LogP contribution in [0.4, 0.5) is 5.69 Å². The second kappa shape index (κ2) is 4.81. The third kappa shape index (κ3) is 2.26. The maximum atomic E-state index is 12.0. The van der Waals surface area contributed by atoms with Crippen LogP contribution in [-0.4, -0.2) is 20.9 Å². The molecule has 0 spiro atoms. The van der Waals surface area contributed by atoms with Crippen LogP contribution in [0.5, 0.6) is 0 Å². The molecule has 3 rings (SSSR count). The molecule has 1 N–H and O–H groups in total. The van der Waals surface area contributed by atoms with Crippen LogP contribution in [0.3, 0.4) is 0 Å². The third-order valence-corrected chi connectivity index (χ3v) is 2.68. The van der Waals surface area contributed by atoms with Crippen LogP contribution in [0.2, 0.25) is 0 Å². The number of carbonyl (C=O) groups excluding carboxylic acids is 1. The molecule has 0 aliphatic rings. The van der Waals surface area contributed by atoms with Crippen molar-refractivity contribution in [3.63, 3.8) is 0 Å². The van der Waals surface area contributed by atoms with Gasteiger partial charge in [-0.1, -0.05) is 18.2 Å². The van der Waals surface area contributed by atoms with E-state index in [0.29, 0.717) is 5.69 Å². The molecule has 92 valence electrons. The summed E-state index contributed by atoms with van der Waals surface area (Å²) in [4.78, 5) is 24.1. The van der Waals surface area contributed by atoms with Gasteiger partial charge < -0.3 is 5.32 Å². The molecule has 5 heteroatoms. The van der Waals surface area contributed by atoms with Crippen LogP contribution in [0.1, 0.15) is 10.5 Å². The van der Waals surface area contributed by atoms with Crippen LogP contribution >= 0.6 is 0 Å². The van der Waals surface area contributed by atoms with Crippen LogP contribution < -0.4 is 5.32 Å². The summed E-state index contributed by atoms with van der Waals surface area (Å²) in [6.45, 7) is 0. The largest absolute Gasteiger partial charge is 0.319 e. The first-order valence-corrected chi connectivity index (χ1v) is 5.76. The number of amides is 1. The lowest BCUT2D eigenvalue weighted by molar-refractivity contribution is 0.102. The summed E-state index contributed by atoms with van der Waals surface area (Å²) in [6, 6.07) is 9.43. The van der Waals surface area contributed by atoms with Gasteiger partial charge >= 0.3 is 0 Å². The van der Waals surface area contributed by atoms with Crippen molar-refractivity contribution in [1.82, 2.24) is 15.0 Å². The number of nitrogens with one attached hydrogen (secondary N) is 1. The van der Waals surface area contributed by atoms with E-state index in [1.54, 1.807) is 6.20 Å². The van der Waals surface area contributed by atoms with E-state index in [0.717, 1.165) is 10.9 Å². The number of fused-ring (bicyclic) bond motifs is 1. The number of hydrogen-bond donors (Lipinski definition) is 1. The van der Waals surface area contributed by atoms with E-state index in [-0.39, 0.29) is 11.6 Å². The topological polar surface area (TPSA) is 67.8 Å². The SMILES string of the molecule is O=C(Nc1cccc2cccnc12)c1cnccn1. The summed E-state index contributed by atoms with van der Waals surface area (Å²) in [7, 11) is 0. The lowest BCUT2D eigenvalue weighted by Crippen LogP contribution is -2.14. The lowest BCUT2D eigenvalue weighted by atomic mass is 10.2. The zero-order chi connectivity index (χ0) is 13.1. The molecule has 19 heavy (non-hydrogen) atoms. The van der Waals surface area contributed by atoms with Gasteiger partial charge in [-0.05, 0) is 12.1 Å². The number of nitrogens with zero attached hydrogens (tertiary/aromatic N) is 3. The Kier molecular flexibility index (Phi) is 2.86. The minimum absolute atomic E-state index is 0.274. The highest BCUT2D eigenvalue weighted by atomic mass is 16.1. The Morgan fingerprint density at radius 2 is 1.89 bits per heavy atom. The van der Waals surface area contributed by atoms with Gasteiger partial charge in [-0.3, -0.25) is 14.8 Å². The number of rotatable bonds is 2. The summed E-state index contributed by atoms with van der Waals surface area (Å²) in [5.74, 6) is -0.300. The predicted octanol–water partition coefficient (Wildman–Crippen LogP) is 2.28. The quantitative estimate of drug-likeness (QED) is 0.757. The first-order chi connectivity index (χ1) is 9.34. The highest BCUT2D eigenvalue weighted by molar-refractivity contribution is 6.07. The molecule has 0 saturated heterocycles. The molecular weight excluding hydrogens is 240 g/mol. The number of aromatic nitrogens is 3. The van der Waals surface area contributed by atoms with Crippen LogP contribution in [0.25, 0.3) is 10.9 Å². The molecule has 0 fully saturated rings. The standard InChI is InChI=1S/C14H10N4O/c19-14(12-9-15-7-8-16-12)18-11-5-1-3-10-4-2-6-17-13(10)11/h1-9H,(H,18,19). The molecular formula is C14H10N4O. The first-order valence-electron chi connectivity index (χ1n) is 5.76. The van der Waals surface area contributed by atoms with Gasteiger partial charge in [0.25, 0.3) is 5.91 Å². The fourth-order valence-corrected chi connectivity index (χ4v) is 1.81. The second-order valence-electron chi connectivity index (χ2n) is 3.93. The minimum Gasteiger partial charge on any atom is -0.319 e. The summed E-state index contributed by atoms with van der Waals surface area (Å²) in [5, 5.41) is 3.77. The fraction of sp³-hybridized carbons (Fsp3) is 0. The van der Waals surface area contributed by atoms with Crippen molar-refractivity contribution in [1.29, 1.82) is 0 Å². The highest BCUT2D eigenvalue weighted by Gasteiger charge is 2.09. The van der Waals surface area contributed by atoms with Crippen LogP contribution in [0.15, 0.2) is 55.1 Å². The minimum atomic E-state index is -0.300. The van der Waals surface area contributed by atoms with E-state index < -0.39 is 0 Å². The normalized spacial score (nSPS) is 10.3. The van der Waals surface area contributed by atoms with Crippen molar-refractivity contribution < 1.29 is 4.79 Å². The average Bonchev–Trinajstić information content (AvgIpc) is 2.48. The van der Waals surface area contributed by atoms with Crippen molar-refractivity contribution in [2.75, 3.05) is 5.32 Å². The van der Waals surface area contributed by atoms with E-state index in [1.807, 2.05) is 30.3 Å². The van der Waals surface area contributed by atoms with Crippen molar-refractivity contribution in [3.05, 3.63) is 60.8 Å². The zero-order valence-corrected chi connectivity index (χ0v) is 9.95. The molecule has 0 aliphatic carbocycles. The Balaban J connectivity index is 1.96. The Bertz CT molecular complexity index is 722. The van der Waals surface area contributed by atoms with Crippen molar-refractivity contribution in [3.8, 4) is 0 Å². The van der Waals surface area contributed by atoms with Gasteiger partial charge in [-0.15, -0.1) is 0 Å². The van der Waals surface area contributed by atoms with Crippen molar-refractivity contribution in [2.24, 2.45) is 0 Å². The number of hydrogen-bond acceptors (Lipinski definition) is 4. The van der Waals surface area contributed by atoms with Crippen LogP contribution in [-0.2, 0) is 0 Å². The Morgan fingerprint density at radius 3 is 2.74 bits per heavy atom. The molecule has 0 aliphatic heterocycles. The summed E-state index contributed by atoms with van der Waals surface area (Å²) >= 11 is 0. The fourth-order valence-electron chi connectivity index (χ4n) is 1.81. The molecule has 0 atom stereocenters. The lowest BCUT2D eigenvalue weighted by Gasteiger charge is -2.07. The van der Waals surface area contributed by atoms with Crippen LogP contribution in [0, 0.1) is 0 Å². The highest BCUT2D eigenvalue weighted by Crippen LogP contribution is 2.20. The molecule has 0 radical (unpaired) electrons. The van der Waals surface area contributed by atoms with E-state index in [2.05, 4.69) is 20.3 Å². The number of para-hydroxylation sites is 1. The van der Waals surface area contributed by atoms with E-state index in [4.69, 9.17) is 0 Å². The van der Waals surface area contributed by atoms with Crippen molar-refractivity contribution >= 4 is 22.5 Å². The summed E-state index contributed by atoms with van der Waals surface area (Å²) in [6.07, 6.45) is 6.13. The molecule has 5 nitrogen and oxygen atoms in total. The smallest absolute Gasteiger partial charge is 0.275 e. The molecule has 2 aromatic heterocycles. The predicted molar refractivity (Wildman–Crippen MR) is 71.7 cm³/mol. The second-order valence-corrected chi connectivity index (χ2v) is 3.93. The van der Waals surface area contributed by atoms with Gasteiger partial charge in [0.1, 0.15) is 5.69 Å². The van der Waals surface area contributed by atoms with Gasteiger partial charge in [0, 0.05) is 24.0 Å². The summed E-state index contributed by atoms with van der Waals surface area (Å²) < 4.78 is 0. The monoisotopic (exact) mass is 250 g/mol. The molecule has 0 saturated carbocycles. The van der Waals surface area contributed by atoms with Gasteiger partial charge in [-0.25, -0.2) is 4.98 Å². The van der Waals surface area contributed by atoms with E-state index in [9.17, 15) is 4.79 Å². The Hall–Kier alpha value is -2.82. The van der Waals surface area contributed by atoms with Gasteiger partial charge in [0.15, 0.2) is 0 Å². The number of pyridine rings is 1. The molecule has 1 amide bonds. The van der Waals surface area contributed by atoms with Gasteiger partial charge in [0.2, 0.25) is 0 Å². The maximum absolute atomic E-state index is 12.0. The molecule has 1 aromatic carbocycles. The molecule has 0 bridgehead atoms. The molecule has 2 heterocycles. The number of carbonyl (C=O) groups is 1. The average molecular weight is 250 g/mol. The van der Waals surface area contributed by atoms with Crippen molar-refractivity contribution in [2.45, 2.75) is 0 Å². The first kappa shape index (κ1) is 11.3. The van der Waals surface area contributed by atoms with Gasteiger partial charge in [0.05, 0.1) is 17.4 Å². The molecule has 3 aromatic rings. The summed E-state index contributed by atoms with van der Waals surface area (Å²) in [5.41, 5.74) is 1.69. The Labute approximate surface area is 109 Å².